The predicted octanol–water partition coefficient (Wildman–Crippen LogP) is 7.56. The van der Waals surface area contributed by atoms with E-state index in [4.69, 9.17) is 17.3 Å². The number of aromatic nitrogens is 1. The molecule has 2 N–H and O–H groups in total. The van der Waals surface area contributed by atoms with Crippen molar-refractivity contribution < 1.29 is 31.1 Å². The van der Waals surface area contributed by atoms with Gasteiger partial charge in [-0.25, -0.2) is 4.39 Å². The molecule has 1 unspecified atom stereocenters. The molecule has 0 aliphatic heterocycles. The van der Waals surface area contributed by atoms with Crippen LogP contribution in [0.3, 0.4) is 0 Å². The SMILES string of the molecule is Cc1ccc(C(=O)c2ccc(/C(F)=C/C(c3cc(C)c(C)c(Cl)c3)C(F)(F)F)cc2C(N)(F)F)nc1. The van der Waals surface area contributed by atoms with Crippen LogP contribution in [0.5, 0.6) is 0 Å². The van der Waals surface area contributed by atoms with Gasteiger partial charge in [0, 0.05) is 27.9 Å². The average molecular weight is 527 g/mol. The van der Waals surface area contributed by atoms with E-state index in [1.807, 2.05) is 0 Å². The van der Waals surface area contributed by atoms with Gasteiger partial charge in [0.2, 0.25) is 5.78 Å². The summed E-state index contributed by atoms with van der Waals surface area (Å²) in [5.74, 6) is -4.73. The van der Waals surface area contributed by atoms with Gasteiger partial charge in [-0.3, -0.25) is 15.5 Å². The summed E-state index contributed by atoms with van der Waals surface area (Å²) in [5, 5.41) is 0.0747. The minimum absolute atomic E-state index is 0.0747. The first-order chi connectivity index (χ1) is 16.6. The number of halogens is 7. The first-order valence-electron chi connectivity index (χ1n) is 10.6. The standard InChI is InChI=1S/C26H21ClF6N2O/c1-13-4-7-23(35-12-13)24(36)18-6-5-16(9-20(18)26(32,33)34)22(28)11-19(25(29,30)31)17-8-14(2)15(3)21(27)10-17/h4-12,19H,34H2,1-3H3/b22-11-. The smallest absolute Gasteiger partial charge is 0.287 e. The van der Waals surface area contributed by atoms with Crippen LogP contribution in [0.4, 0.5) is 26.3 Å². The number of hydrogen-bond acceptors (Lipinski definition) is 3. The van der Waals surface area contributed by atoms with Crippen LogP contribution in [-0.2, 0) is 6.05 Å². The van der Waals surface area contributed by atoms with Crippen LogP contribution in [0.2, 0.25) is 5.02 Å². The monoisotopic (exact) mass is 526 g/mol. The largest absolute Gasteiger partial charge is 0.399 e. The van der Waals surface area contributed by atoms with E-state index in [2.05, 4.69) is 4.98 Å². The number of benzene rings is 2. The van der Waals surface area contributed by atoms with Crippen LogP contribution in [0.15, 0.2) is 54.7 Å². The zero-order valence-electron chi connectivity index (χ0n) is 19.4. The number of rotatable bonds is 6. The van der Waals surface area contributed by atoms with E-state index in [9.17, 15) is 26.7 Å². The summed E-state index contributed by atoms with van der Waals surface area (Å²) in [7, 11) is 0. The number of alkyl halides is 5. The number of hydrogen-bond donors (Lipinski definition) is 1. The Bertz CT molecular complexity index is 1300. The molecular formula is C26H21ClF6N2O. The Morgan fingerprint density at radius 3 is 2.22 bits per heavy atom. The molecule has 3 rings (SSSR count). The number of pyridine rings is 1. The van der Waals surface area contributed by atoms with Crippen LogP contribution < -0.4 is 5.73 Å². The van der Waals surface area contributed by atoms with E-state index in [0.29, 0.717) is 17.2 Å². The molecule has 0 bridgehead atoms. The van der Waals surface area contributed by atoms with Crippen molar-refractivity contribution in [3.8, 4) is 0 Å². The highest BCUT2D eigenvalue weighted by molar-refractivity contribution is 6.31. The lowest BCUT2D eigenvalue weighted by molar-refractivity contribution is -0.139. The third kappa shape index (κ3) is 5.96. The van der Waals surface area contributed by atoms with Gasteiger partial charge in [0.15, 0.2) is 0 Å². The first kappa shape index (κ1) is 27.4. The predicted molar refractivity (Wildman–Crippen MR) is 126 cm³/mol. The topological polar surface area (TPSA) is 56.0 Å². The molecule has 3 nitrogen and oxygen atoms in total. The number of nitrogens with two attached hydrogens (primary N) is 1. The highest BCUT2D eigenvalue weighted by Gasteiger charge is 2.40. The van der Waals surface area contributed by atoms with Crippen LogP contribution in [0, 0.1) is 20.8 Å². The van der Waals surface area contributed by atoms with Gasteiger partial charge in [-0.05, 0) is 73.4 Å². The second kappa shape index (κ2) is 10.1. The summed E-state index contributed by atoms with van der Waals surface area (Å²) in [6.07, 6.45) is -3.27. The summed E-state index contributed by atoms with van der Waals surface area (Å²) < 4.78 is 85.1. The number of aryl methyl sites for hydroxylation is 2. The van der Waals surface area contributed by atoms with E-state index < -0.39 is 46.4 Å². The molecule has 0 saturated heterocycles. The lowest BCUT2D eigenvalue weighted by Crippen LogP contribution is -2.28. The molecule has 1 aromatic heterocycles. The Morgan fingerprint density at radius 2 is 1.69 bits per heavy atom. The van der Waals surface area contributed by atoms with Gasteiger partial charge in [-0.15, -0.1) is 0 Å². The molecule has 0 radical (unpaired) electrons. The highest BCUT2D eigenvalue weighted by atomic mass is 35.5. The van der Waals surface area contributed by atoms with Crippen molar-refractivity contribution in [2.75, 3.05) is 0 Å². The molecule has 0 aliphatic carbocycles. The molecule has 0 spiro atoms. The molecule has 36 heavy (non-hydrogen) atoms. The number of carbonyl (C=O) groups excluding carboxylic acids is 1. The van der Waals surface area contributed by atoms with E-state index >= 15 is 4.39 Å². The van der Waals surface area contributed by atoms with Gasteiger partial charge in [-0.1, -0.05) is 29.8 Å². The van der Waals surface area contributed by atoms with Gasteiger partial charge >= 0.3 is 12.2 Å². The molecule has 3 aromatic rings. The molecule has 0 amide bonds. The Hall–Kier alpha value is -3.17. The number of allylic oxidation sites excluding steroid dienone is 1. The van der Waals surface area contributed by atoms with E-state index in [0.717, 1.165) is 23.8 Å². The number of carbonyl (C=O) groups is 1. The summed E-state index contributed by atoms with van der Waals surface area (Å²) in [4.78, 5) is 16.7. The maximum atomic E-state index is 15.1. The molecule has 10 heteroatoms. The molecule has 190 valence electrons. The van der Waals surface area contributed by atoms with Gasteiger partial charge in [-0.2, -0.15) is 22.0 Å². The van der Waals surface area contributed by atoms with Crippen molar-refractivity contribution in [3.63, 3.8) is 0 Å². The molecule has 0 saturated carbocycles. The average Bonchev–Trinajstić information content (AvgIpc) is 2.79. The maximum Gasteiger partial charge on any atom is 0.399 e. The fourth-order valence-electron chi connectivity index (χ4n) is 3.55. The minimum Gasteiger partial charge on any atom is -0.287 e. The van der Waals surface area contributed by atoms with Crippen molar-refractivity contribution in [1.82, 2.24) is 4.98 Å². The quantitative estimate of drug-likeness (QED) is 0.205. The highest BCUT2D eigenvalue weighted by Crippen LogP contribution is 2.40. The second-order valence-corrected chi connectivity index (χ2v) is 8.82. The van der Waals surface area contributed by atoms with Crippen molar-refractivity contribution in [2.45, 2.75) is 38.9 Å². The van der Waals surface area contributed by atoms with E-state index in [1.54, 1.807) is 26.8 Å². The van der Waals surface area contributed by atoms with Gasteiger partial charge in [0.1, 0.15) is 17.4 Å². The fourth-order valence-corrected chi connectivity index (χ4v) is 3.83. The van der Waals surface area contributed by atoms with Crippen molar-refractivity contribution >= 4 is 23.2 Å². The Labute approximate surface area is 208 Å². The zero-order valence-corrected chi connectivity index (χ0v) is 20.1. The van der Waals surface area contributed by atoms with Crippen LogP contribution in [0.25, 0.3) is 5.83 Å². The third-order valence-electron chi connectivity index (χ3n) is 5.69. The Morgan fingerprint density at radius 1 is 1.03 bits per heavy atom. The Balaban J connectivity index is 2.10. The van der Waals surface area contributed by atoms with Gasteiger partial charge in [0.05, 0.1) is 0 Å². The van der Waals surface area contributed by atoms with E-state index in [-0.39, 0.29) is 22.4 Å². The van der Waals surface area contributed by atoms with Crippen LogP contribution >= 0.6 is 11.6 Å². The van der Waals surface area contributed by atoms with E-state index in [1.165, 1.54) is 18.3 Å². The molecular weight excluding hydrogens is 506 g/mol. The molecule has 2 aromatic carbocycles. The molecule has 0 fully saturated rings. The minimum atomic E-state index is -4.91. The lowest BCUT2D eigenvalue weighted by atomic mass is 9.92. The first-order valence-corrected chi connectivity index (χ1v) is 11.0. The number of nitrogens with zero attached hydrogens (tertiary/aromatic N) is 1. The van der Waals surface area contributed by atoms with Crippen LogP contribution in [0.1, 0.15) is 55.4 Å². The van der Waals surface area contributed by atoms with Gasteiger partial charge in [0.25, 0.3) is 0 Å². The molecule has 0 aliphatic rings. The maximum absolute atomic E-state index is 15.1. The normalized spacial score (nSPS) is 13.6. The summed E-state index contributed by atoms with van der Waals surface area (Å²) >= 11 is 6.03. The number of ketones is 1. The van der Waals surface area contributed by atoms with Crippen molar-refractivity contribution in [3.05, 3.63) is 104 Å². The lowest BCUT2D eigenvalue weighted by Gasteiger charge is -2.20. The van der Waals surface area contributed by atoms with Crippen molar-refractivity contribution in [2.24, 2.45) is 5.73 Å². The van der Waals surface area contributed by atoms with Gasteiger partial charge < -0.3 is 0 Å². The summed E-state index contributed by atoms with van der Waals surface area (Å²) in [6.45, 7) is 4.90. The van der Waals surface area contributed by atoms with Crippen molar-refractivity contribution in [1.29, 1.82) is 0 Å². The molecule has 1 heterocycles. The third-order valence-corrected chi connectivity index (χ3v) is 6.09. The molecule has 1 atom stereocenters. The second-order valence-electron chi connectivity index (χ2n) is 8.41. The van der Waals surface area contributed by atoms with Crippen LogP contribution in [-0.4, -0.2) is 16.9 Å². The summed E-state index contributed by atoms with van der Waals surface area (Å²) in [6, 6.07) is 3.49. The Kier molecular flexibility index (Phi) is 7.66. The fraction of sp³-hybridized carbons (Fsp3) is 0.231. The zero-order chi connectivity index (χ0) is 27.0. The summed E-state index contributed by atoms with van der Waals surface area (Å²) in [5.41, 5.74) is 4.03.